The SMILES string of the molecule is CC(C)N(C)CCNC(=O)c1cccc(C(=O)O)n1. The summed E-state index contributed by atoms with van der Waals surface area (Å²) in [6.45, 7) is 5.36. The summed E-state index contributed by atoms with van der Waals surface area (Å²) >= 11 is 0. The first-order valence-electron chi connectivity index (χ1n) is 6.10. The molecule has 0 aliphatic rings. The average molecular weight is 265 g/mol. The Hall–Kier alpha value is -1.95. The largest absolute Gasteiger partial charge is 0.477 e. The van der Waals surface area contributed by atoms with Crippen LogP contribution in [0.5, 0.6) is 0 Å². The fraction of sp³-hybridized carbons (Fsp3) is 0.462. The molecule has 1 aromatic heterocycles. The van der Waals surface area contributed by atoms with E-state index >= 15 is 0 Å². The zero-order chi connectivity index (χ0) is 14.4. The monoisotopic (exact) mass is 265 g/mol. The number of carboxylic acids is 1. The van der Waals surface area contributed by atoms with Crippen LogP contribution in [0.4, 0.5) is 0 Å². The van der Waals surface area contributed by atoms with Gasteiger partial charge in [0.15, 0.2) is 0 Å². The predicted octanol–water partition coefficient (Wildman–Crippen LogP) is 0.850. The number of nitrogens with one attached hydrogen (secondary N) is 1. The van der Waals surface area contributed by atoms with Crippen LogP contribution >= 0.6 is 0 Å². The van der Waals surface area contributed by atoms with Crippen molar-refractivity contribution >= 4 is 11.9 Å². The van der Waals surface area contributed by atoms with Crippen LogP contribution in [0.3, 0.4) is 0 Å². The summed E-state index contributed by atoms with van der Waals surface area (Å²) in [6, 6.07) is 4.76. The van der Waals surface area contributed by atoms with E-state index in [2.05, 4.69) is 29.0 Å². The normalized spacial score (nSPS) is 10.8. The summed E-state index contributed by atoms with van der Waals surface area (Å²) in [5.74, 6) is -1.51. The van der Waals surface area contributed by atoms with Crippen molar-refractivity contribution in [3.8, 4) is 0 Å². The van der Waals surface area contributed by atoms with Crippen LogP contribution in [0.1, 0.15) is 34.8 Å². The first kappa shape index (κ1) is 15.1. The summed E-state index contributed by atoms with van der Waals surface area (Å²) < 4.78 is 0. The highest BCUT2D eigenvalue weighted by Gasteiger charge is 2.11. The van der Waals surface area contributed by atoms with Crippen molar-refractivity contribution in [3.05, 3.63) is 29.6 Å². The van der Waals surface area contributed by atoms with Crippen molar-refractivity contribution in [1.29, 1.82) is 0 Å². The molecule has 19 heavy (non-hydrogen) atoms. The molecule has 2 N–H and O–H groups in total. The van der Waals surface area contributed by atoms with Crippen LogP contribution in [0, 0.1) is 0 Å². The smallest absolute Gasteiger partial charge is 0.354 e. The Labute approximate surface area is 112 Å². The number of nitrogens with zero attached hydrogens (tertiary/aromatic N) is 2. The van der Waals surface area contributed by atoms with Crippen LogP contribution in [0.2, 0.25) is 0 Å². The molecule has 0 atom stereocenters. The Bertz CT molecular complexity index is 460. The maximum atomic E-state index is 11.8. The van der Waals surface area contributed by atoms with Gasteiger partial charge in [0.05, 0.1) is 0 Å². The van der Waals surface area contributed by atoms with Gasteiger partial charge < -0.3 is 15.3 Å². The molecule has 0 aliphatic heterocycles. The minimum atomic E-state index is -1.14. The molecule has 6 nitrogen and oxygen atoms in total. The van der Waals surface area contributed by atoms with Gasteiger partial charge in [-0.15, -0.1) is 0 Å². The van der Waals surface area contributed by atoms with Crippen LogP contribution in [-0.2, 0) is 0 Å². The van der Waals surface area contributed by atoms with E-state index in [1.165, 1.54) is 18.2 Å². The van der Waals surface area contributed by atoms with Gasteiger partial charge in [0, 0.05) is 19.1 Å². The molecule has 1 aromatic rings. The Morgan fingerprint density at radius 3 is 2.58 bits per heavy atom. The third-order valence-electron chi connectivity index (χ3n) is 2.83. The van der Waals surface area contributed by atoms with Gasteiger partial charge in [-0.05, 0) is 33.0 Å². The number of rotatable bonds is 6. The second-order valence-electron chi connectivity index (χ2n) is 4.54. The van der Waals surface area contributed by atoms with Gasteiger partial charge in [0.1, 0.15) is 11.4 Å². The highest BCUT2D eigenvalue weighted by molar-refractivity contribution is 5.94. The van der Waals surface area contributed by atoms with Gasteiger partial charge in [-0.3, -0.25) is 4.79 Å². The van der Waals surface area contributed by atoms with Crippen molar-refractivity contribution in [2.24, 2.45) is 0 Å². The number of carboxylic acid groups (broad SMARTS) is 1. The fourth-order valence-electron chi connectivity index (χ4n) is 1.37. The minimum absolute atomic E-state index is 0.118. The van der Waals surface area contributed by atoms with E-state index in [0.717, 1.165) is 6.54 Å². The summed E-state index contributed by atoms with van der Waals surface area (Å²) in [4.78, 5) is 28.4. The number of carbonyl (C=O) groups is 2. The third-order valence-corrected chi connectivity index (χ3v) is 2.83. The maximum Gasteiger partial charge on any atom is 0.354 e. The summed E-state index contributed by atoms with van der Waals surface area (Å²) in [6.07, 6.45) is 0. The lowest BCUT2D eigenvalue weighted by Gasteiger charge is -2.20. The molecule has 0 saturated carbocycles. The van der Waals surface area contributed by atoms with E-state index in [-0.39, 0.29) is 17.3 Å². The molecular formula is C13H19N3O3. The first-order valence-corrected chi connectivity index (χ1v) is 6.10. The van der Waals surface area contributed by atoms with Crippen LogP contribution in [0.25, 0.3) is 0 Å². The van der Waals surface area contributed by atoms with Gasteiger partial charge in [0.2, 0.25) is 0 Å². The number of aromatic carboxylic acids is 1. The van der Waals surface area contributed by atoms with E-state index in [0.29, 0.717) is 12.6 Å². The number of amides is 1. The molecule has 1 rings (SSSR count). The van der Waals surface area contributed by atoms with E-state index in [4.69, 9.17) is 5.11 Å². The lowest BCUT2D eigenvalue weighted by molar-refractivity contribution is 0.0690. The number of hydrogen-bond donors (Lipinski definition) is 2. The molecule has 1 amide bonds. The Morgan fingerprint density at radius 2 is 2.00 bits per heavy atom. The Kier molecular flexibility index (Phi) is 5.44. The highest BCUT2D eigenvalue weighted by Crippen LogP contribution is 1.99. The van der Waals surface area contributed by atoms with E-state index in [9.17, 15) is 9.59 Å². The number of likely N-dealkylation sites (N-methyl/N-ethyl adjacent to an activating group) is 1. The Balaban J connectivity index is 2.54. The topological polar surface area (TPSA) is 82.5 Å². The van der Waals surface area contributed by atoms with Crippen molar-refractivity contribution < 1.29 is 14.7 Å². The second kappa shape index (κ2) is 6.84. The predicted molar refractivity (Wildman–Crippen MR) is 71.3 cm³/mol. The fourth-order valence-corrected chi connectivity index (χ4v) is 1.37. The second-order valence-corrected chi connectivity index (χ2v) is 4.54. The molecule has 0 aliphatic carbocycles. The van der Waals surface area contributed by atoms with Gasteiger partial charge in [-0.1, -0.05) is 6.07 Å². The van der Waals surface area contributed by atoms with Crippen LogP contribution in [-0.4, -0.2) is 53.0 Å². The summed E-state index contributed by atoms with van der Waals surface area (Å²) in [7, 11) is 1.97. The number of aromatic nitrogens is 1. The molecule has 104 valence electrons. The molecule has 0 bridgehead atoms. The number of hydrogen-bond acceptors (Lipinski definition) is 4. The summed E-state index contributed by atoms with van der Waals surface area (Å²) in [5.41, 5.74) is -0.0148. The van der Waals surface area contributed by atoms with Crippen molar-refractivity contribution in [2.45, 2.75) is 19.9 Å². The standard InChI is InChI=1S/C13H19N3O3/c1-9(2)16(3)8-7-14-12(17)10-5-4-6-11(15-10)13(18)19/h4-6,9H,7-8H2,1-3H3,(H,14,17)(H,18,19). The third kappa shape index (κ3) is 4.67. The average Bonchev–Trinajstić information content (AvgIpc) is 2.38. The zero-order valence-electron chi connectivity index (χ0n) is 11.4. The highest BCUT2D eigenvalue weighted by atomic mass is 16.4. The van der Waals surface area contributed by atoms with E-state index in [1.807, 2.05) is 7.05 Å². The van der Waals surface area contributed by atoms with Crippen molar-refractivity contribution in [1.82, 2.24) is 15.2 Å². The van der Waals surface area contributed by atoms with Crippen molar-refractivity contribution in [2.75, 3.05) is 20.1 Å². The van der Waals surface area contributed by atoms with Gasteiger partial charge in [0.25, 0.3) is 5.91 Å². The lowest BCUT2D eigenvalue weighted by Crippen LogP contribution is -2.36. The minimum Gasteiger partial charge on any atom is -0.477 e. The Morgan fingerprint density at radius 1 is 1.37 bits per heavy atom. The van der Waals surface area contributed by atoms with Gasteiger partial charge in [-0.2, -0.15) is 0 Å². The molecule has 0 saturated heterocycles. The molecule has 0 fully saturated rings. The van der Waals surface area contributed by atoms with Crippen molar-refractivity contribution in [3.63, 3.8) is 0 Å². The molecule has 0 unspecified atom stereocenters. The van der Waals surface area contributed by atoms with Gasteiger partial charge in [-0.25, -0.2) is 9.78 Å². The summed E-state index contributed by atoms with van der Waals surface area (Å²) in [5, 5.41) is 11.5. The molecule has 0 spiro atoms. The molecular weight excluding hydrogens is 246 g/mol. The van der Waals surface area contributed by atoms with Crippen LogP contribution < -0.4 is 5.32 Å². The number of carbonyl (C=O) groups excluding carboxylic acids is 1. The zero-order valence-corrected chi connectivity index (χ0v) is 11.4. The maximum absolute atomic E-state index is 11.8. The molecule has 1 heterocycles. The quantitative estimate of drug-likeness (QED) is 0.796. The first-order chi connectivity index (χ1) is 8.91. The molecule has 0 aromatic carbocycles. The molecule has 6 heteroatoms. The number of pyridine rings is 1. The molecule has 0 radical (unpaired) electrons. The van der Waals surface area contributed by atoms with Gasteiger partial charge >= 0.3 is 5.97 Å². The van der Waals surface area contributed by atoms with E-state index in [1.54, 1.807) is 0 Å². The lowest BCUT2D eigenvalue weighted by atomic mass is 10.3. The van der Waals surface area contributed by atoms with Crippen LogP contribution in [0.15, 0.2) is 18.2 Å². The van der Waals surface area contributed by atoms with E-state index < -0.39 is 5.97 Å².